The van der Waals surface area contributed by atoms with E-state index in [1.807, 2.05) is 0 Å². The molecule has 5 nitrogen and oxygen atoms in total. The summed E-state index contributed by atoms with van der Waals surface area (Å²) in [5.41, 5.74) is 0.992. The van der Waals surface area contributed by atoms with E-state index in [4.69, 9.17) is 11.6 Å². The Labute approximate surface area is 147 Å². The van der Waals surface area contributed by atoms with Gasteiger partial charge in [-0.2, -0.15) is 0 Å². The van der Waals surface area contributed by atoms with Crippen LogP contribution >= 0.6 is 11.6 Å². The highest BCUT2D eigenvalue weighted by Crippen LogP contribution is 2.30. The average Bonchev–Trinajstić information content (AvgIpc) is 2.56. The van der Waals surface area contributed by atoms with Gasteiger partial charge in [0.2, 0.25) is 5.91 Å². The molecule has 0 unspecified atom stereocenters. The molecular formula is C17H19ClN2O3S. The Morgan fingerprint density at radius 1 is 1.04 bits per heavy atom. The highest BCUT2D eigenvalue weighted by molar-refractivity contribution is 7.92. The zero-order valence-electron chi connectivity index (χ0n) is 13.7. The number of amides is 1. The number of halogens is 1. The molecule has 0 aliphatic carbocycles. The molecule has 0 saturated heterocycles. The summed E-state index contributed by atoms with van der Waals surface area (Å²) in [4.78, 5) is 13.7. The molecule has 2 aromatic carbocycles. The van der Waals surface area contributed by atoms with Crippen molar-refractivity contribution in [1.29, 1.82) is 0 Å². The third-order valence-electron chi connectivity index (χ3n) is 3.62. The molecule has 0 fully saturated rings. The van der Waals surface area contributed by atoms with Crippen molar-refractivity contribution in [3.05, 3.63) is 59.1 Å². The minimum atomic E-state index is -3.89. The fourth-order valence-electron chi connectivity index (χ4n) is 2.15. The van der Waals surface area contributed by atoms with Gasteiger partial charge in [0.05, 0.1) is 10.6 Å². The van der Waals surface area contributed by atoms with Crippen LogP contribution < -0.4 is 4.31 Å². The Hall–Kier alpha value is -2.05. The molecule has 0 radical (unpaired) electrons. The molecule has 2 aromatic rings. The van der Waals surface area contributed by atoms with Crippen LogP contribution in [0.25, 0.3) is 0 Å². The quantitative estimate of drug-likeness (QED) is 0.817. The van der Waals surface area contributed by atoms with Gasteiger partial charge in [-0.05, 0) is 36.8 Å². The number of anilines is 1. The monoisotopic (exact) mass is 366 g/mol. The minimum absolute atomic E-state index is 0.121. The first-order chi connectivity index (χ1) is 11.2. The molecular weight excluding hydrogens is 348 g/mol. The predicted molar refractivity (Wildman–Crippen MR) is 95.9 cm³/mol. The highest BCUT2D eigenvalue weighted by atomic mass is 35.5. The van der Waals surface area contributed by atoms with Gasteiger partial charge in [-0.1, -0.05) is 35.9 Å². The molecule has 24 heavy (non-hydrogen) atoms. The molecule has 7 heteroatoms. The first-order valence-electron chi connectivity index (χ1n) is 7.28. The Bertz CT molecular complexity index is 836. The average molecular weight is 367 g/mol. The number of nitrogens with zero attached hydrogens (tertiary/aromatic N) is 2. The number of benzene rings is 2. The van der Waals surface area contributed by atoms with E-state index < -0.39 is 10.0 Å². The van der Waals surface area contributed by atoms with E-state index >= 15 is 0 Å². The maximum Gasteiger partial charge on any atom is 0.264 e. The zero-order valence-corrected chi connectivity index (χ0v) is 15.3. The smallest absolute Gasteiger partial charge is 0.264 e. The van der Waals surface area contributed by atoms with Crippen molar-refractivity contribution in [2.24, 2.45) is 0 Å². The van der Waals surface area contributed by atoms with Gasteiger partial charge >= 0.3 is 0 Å². The standard InChI is InChI=1S/C17H19ClN2O3S/c1-13-15(18)10-7-11-16(13)20(12-17(21)19(2)3)24(22,23)14-8-5-4-6-9-14/h4-11H,12H2,1-3H3. The van der Waals surface area contributed by atoms with Crippen LogP contribution in [0.1, 0.15) is 5.56 Å². The van der Waals surface area contributed by atoms with Crippen molar-refractivity contribution in [2.45, 2.75) is 11.8 Å². The molecule has 0 bridgehead atoms. The molecule has 0 spiro atoms. The van der Waals surface area contributed by atoms with Crippen LogP contribution in [-0.4, -0.2) is 39.9 Å². The summed E-state index contributed by atoms with van der Waals surface area (Å²) in [7, 11) is -0.727. The summed E-state index contributed by atoms with van der Waals surface area (Å²) in [6, 6.07) is 13.0. The Morgan fingerprint density at radius 2 is 1.67 bits per heavy atom. The van der Waals surface area contributed by atoms with Crippen molar-refractivity contribution in [3.63, 3.8) is 0 Å². The van der Waals surface area contributed by atoms with Crippen molar-refractivity contribution in [2.75, 3.05) is 24.9 Å². The second kappa shape index (κ2) is 7.23. The van der Waals surface area contributed by atoms with Crippen LogP contribution in [0, 0.1) is 6.92 Å². The van der Waals surface area contributed by atoms with E-state index in [1.165, 1.54) is 17.0 Å². The molecule has 0 aliphatic heterocycles. The fourth-order valence-corrected chi connectivity index (χ4v) is 3.81. The first kappa shape index (κ1) is 18.3. The van der Waals surface area contributed by atoms with Crippen LogP contribution in [0.3, 0.4) is 0 Å². The van der Waals surface area contributed by atoms with Crippen LogP contribution in [0.2, 0.25) is 5.02 Å². The number of hydrogen-bond acceptors (Lipinski definition) is 3. The lowest BCUT2D eigenvalue weighted by Crippen LogP contribution is -2.40. The molecule has 128 valence electrons. The lowest BCUT2D eigenvalue weighted by molar-refractivity contribution is -0.127. The normalized spacial score (nSPS) is 11.2. The first-order valence-corrected chi connectivity index (χ1v) is 9.10. The molecule has 1 amide bonds. The second-order valence-electron chi connectivity index (χ2n) is 5.50. The van der Waals surface area contributed by atoms with Gasteiger partial charge in [0.25, 0.3) is 10.0 Å². The van der Waals surface area contributed by atoms with Gasteiger partial charge in [0.1, 0.15) is 6.54 Å². The van der Waals surface area contributed by atoms with E-state index in [0.717, 1.165) is 4.31 Å². The van der Waals surface area contributed by atoms with E-state index in [9.17, 15) is 13.2 Å². The highest BCUT2D eigenvalue weighted by Gasteiger charge is 2.29. The maximum atomic E-state index is 13.1. The van der Waals surface area contributed by atoms with Crippen LogP contribution in [-0.2, 0) is 14.8 Å². The summed E-state index contributed by atoms with van der Waals surface area (Å²) in [5, 5.41) is 0.443. The Kier molecular flexibility index (Phi) is 5.51. The van der Waals surface area contributed by atoms with E-state index in [2.05, 4.69) is 0 Å². The fraction of sp³-hybridized carbons (Fsp3) is 0.235. The second-order valence-corrected chi connectivity index (χ2v) is 7.77. The SMILES string of the molecule is Cc1c(Cl)cccc1N(CC(=O)N(C)C)S(=O)(=O)c1ccccc1. The van der Waals surface area contributed by atoms with Crippen LogP contribution in [0.4, 0.5) is 5.69 Å². The molecule has 0 heterocycles. The Balaban J connectivity index is 2.59. The topological polar surface area (TPSA) is 57.7 Å². The van der Waals surface area contributed by atoms with Crippen molar-refractivity contribution < 1.29 is 13.2 Å². The van der Waals surface area contributed by atoms with Gasteiger partial charge in [-0.15, -0.1) is 0 Å². The van der Waals surface area contributed by atoms with Gasteiger partial charge < -0.3 is 4.90 Å². The number of rotatable bonds is 5. The maximum absolute atomic E-state index is 13.1. The largest absolute Gasteiger partial charge is 0.347 e. The molecule has 0 saturated carbocycles. The van der Waals surface area contributed by atoms with Crippen LogP contribution in [0.5, 0.6) is 0 Å². The molecule has 0 aromatic heterocycles. The summed E-state index contributed by atoms with van der Waals surface area (Å²) in [5.74, 6) is -0.325. The van der Waals surface area contributed by atoms with Crippen molar-refractivity contribution in [1.82, 2.24) is 4.90 Å². The predicted octanol–water partition coefficient (Wildman–Crippen LogP) is 2.93. The van der Waals surface area contributed by atoms with Crippen molar-refractivity contribution in [3.8, 4) is 0 Å². The lowest BCUT2D eigenvalue weighted by atomic mass is 10.2. The Morgan fingerprint density at radius 3 is 2.25 bits per heavy atom. The minimum Gasteiger partial charge on any atom is -0.347 e. The number of hydrogen-bond donors (Lipinski definition) is 0. The van der Waals surface area contributed by atoms with Gasteiger partial charge in [0, 0.05) is 19.1 Å². The zero-order chi connectivity index (χ0) is 17.9. The summed E-state index contributed by atoms with van der Waals surface area (Å²) >= 11 is 6.14. The third kappa shape index (κ3) is 3.71. The molecule has 0 aliphatic rings. The summed E-state index contributed by atoms with van der Waals surface area (Å²) < 4.78 is 27.2. The number of carbonyl (C=O) groups is 1. The lowest BCUT2D eigenvalue weighted by Gasteiger charge is -2.27. The number of likely N-dealkylation sites (N-methyl/N-ethyl adjacent to an activating group) is 1. The summed E-state index contributed by atoms with van der Waals surface area (Å²) in [6.45, 7) is 1.43. The van der Waals surface area contributed by atoms with E-state index in [1.54, 1.807) is 57.4 Å². The number of carbonyl (C=O) groups excluding carboxylic acids is 1. The third-order valence-corrected chi connectivity index (χ3v) is 5.80. The van der Waals surface area contributed by atoms with E-state index in [0.29, 0.717) is 16.3 Å². The molecule has 0 N–H and O–H groups in total. The van der Waals surface area contributed by atoms with Gasteiger partial charge in [-0.25, -0.2) is 8.42 Å². The number of sulfonamides is 1. The van der Waals surface area contributed by atoms with Gasteiger partial charge in [0.15, 0.2) is 0 Å². The van der Waals surface area contributed by atoms with Crippen LogP contribution in [0.15, 0.2) is 53.4 Å². The molecule has 0 atom stereocenters. The van der Waals surface area contributed by atoms with E-state index in [-0.39, 0.29) is 17.3 Å². The van der Waals surface area contributed by atoms with Crippen molar-refractivity contribution >= 4 is 33.2 Å². The summed E-state index contributed by atoms with van der Waals surface area (Å²) in [6.07, 6.45) is 0. The van der Waals surface area contributed by atoms with Gasteiger partial charge in [-0.3, -0.25) is 9.10 Å². The molecule has 2 rings (SSSR count).